The number of ether oxygens (including phenoxy) is 1. The number of nitrogens with one attached hydrogen (secondary N) is 1. The Morgan fingerprint density at radius 2 is 2.15 bits per heavy atom. The van der Waals surface area contributed by atoms with Gasteiger partial charge in [0, 0.05) is 25.9 Å². The fraction of sp³-hybridized carbons (Fsp3) is 0.750. The molecule has 0 bridgehead atoms. The largest absolute Gasteiger partial charge is 0.381 e. The van der Waals surface area contributed by atoms with Gasteiger partial charge < -0.3 is 10.5 Å². The van der Waals surface area contributed by atoms with Crippen LogP contribution in [0.2, 0.25) is 0 Å². The summed E-state index contributed by atoms with van der Waals surface area (Å²) in [6, 6.07) is 0. The topological polar surface area (TPSA) is 99.2 Å². The number of nitrogens with two attached hydrogens (primary N) is 1. The Hall–Kier alpha value is -1.12. The summed E-state index contributed by atoms with van der Waals surface area (Å²) in [5.41, 5.74) is 5.62. The Kier molecular flexibility index (Phi) is 6.44. The highest BCUT2D eigenvalue weighted by Crippen LogP contribution is 2.15. The van der Waals surface area contributed by atoms with Crippen molar-refractivity contribution in [2.75, 3.05) is 18.9 Å². The summed E-state index contributed by atoms with van der Waals surface area (Å²) in [6.07, 6.45) is 3.17. The van der Waals surface area contributed by atoms with Crippen molar-refractivity contribution < 1.29 is 13.2 Å². The third-order valence-corrected chi connectivity index (χ3v) is 4.16. The number of rotatable bonds is 9. The average molecular weight is 304 g/mol. The lowest BCUT2D eigenvalue weighted by atomic mass is 10.3. The third kappa shape index (κ3) is 5.10. The van der Waals surface area contributed by atoms with Crippen LogP contribution in [-0.4, -0.2) is 37.5 Å². The molecule has 0 amide bonds. The molecule has 20 heavy (non-hydrogen) atoms. The van der Waals surface area contributed by atoms with Crippen LogP contribution in [0.3, 0.4) is 0 Å². The maximum atomic E-state index is 12.0. The minimum Gasteiger partial charge on any atom is -0.381 e. The molecule has 1 heterocycles. The van der Waals surface area contributed by atoms with Gasteiger partial charge in [-0.3, -0.25) is 4.68 Å². The average Bonchev–Trinajstić information content (AvgIpc) is 2.75. The molecule has 0 aromatic carbocycles. The van der Waals surface area contributed by atoms with Gasteiger partial charge in [-0.05, 0) is 33.6 Å². The molecule has 0 fully saturated rings. The molecule has 0 spiro atoms. The van der Waals surface area contributed by atoms with E-state index in [1.807, 2.05) is 20.8 Å². The van der Waals surface area contributed by atoms with Crippen LogP contribution >= 0.6 is 0 Å². The molecule has 0 unspecified atom stereocenters. The second-order valence-corrected chi connectivity index (χ2v) is 6.49. The first-order valence-electron chi connectivity index (χ1n) is 6.81. The van der Waals surface area contributed by atoms with Crippen LogP contribution in [0.15, 0.2) is 11.1 Å². The van der Waals surface area contributed by atoms with Crippen molar-refractivity contribution in [1.82, 2.24) is 14.5 Å². The minimum atomic E-state index is -3.58. The van der Waals surface area contributed by atoms with Gasteiger partial charge in [0.2, 0.25) is 10.0 Å². The number of aryl methyl sites for hydroxylation is 1. The monoisotopic (exact) mass is 304 g/mol. The highest BCUT2D eigenvalue weighted by Gasteiger charge is 2.20. The summed E-state index contributed by atoms with van der Waals surface area (Å²) in [6.45, 7) is 7.38. The van der Waals surface area contributed by atoms with Crippen LogP contribution < -0.4 is 10.5 Å². The summed E-state index contributed by atoms with van der Waals surface area (Å²) >= 11 is 0. The van der Waals surface area contributed by atoms with Gasteiger partial charge in [-0.2, -0.15) is 5.10 Å². The van der Waals surface area contributed by atoms with Gasteiger partial charge in [0.25, 0.3) is 0 Å². The standard InChI is InChI=1S/C12H24N4O3S/c1-4-16-9-11(12(13)15-16)20(17,18)14-7-5-6-8-19-10(2)3/h9-10,14H,4-8H2,1-3H3,(H2,13,15). The van der Waals surface area contributed by atoms with Gasteiger partial charge in [-0.1, -0.05) is 0 Å². The van der Waals surface area contributed by atoms with E-state index in [1.54, 1.807) is 0 Å². The van der Waals surface area contributed by atoms with Crippen molar-refractivity contribution in [2.24, 2.45) is 0 Å². The van der Waals surface area contributed by atoms with E-state index in [0.29, 0.717) is 26.1 Å². The Bertz CT molecular complexity index is 511. The van der Waals surface area contributed by atoms with Crippen molar-refractivity contribution in [3.63, 3.8) is 0 Å². The highest BCUT2D eigenvalue weighted by atomic mass is 32.2. The number of hydrogen-bond donors (Lipinski definition) is 2. The van der Waals surface area contributed by atoms with Gasteiger partial charge >= 0.3 is 0 Å². The molecular weight excluding hydrogens is 280 g/mol. The number of anilines is 1. The molecule has 0 saturated carbocycles. The van der Waals surface area contributed by atoms with Gasteiger partial charge in [0.1, 0.15) is 4.90 Å². The zero-order valence-corrected chi connectivity index (χ0v) is 13.1. The van der Waals surface area contributed by atoms with E-state index >= 15 is 0 Å². The van der Waals surface area contributed by atoms with Crippen molar-refractivity contribution in [3.8, 4) is 0 Å². The van der Waals surface area contributed by atoms with Crippen molar-refractivity contribution in [2.45, 2.75) is 51.2 Å². The van der Waals surface area contributed by atoms with Crippen LogP contribution in [0.5, 0.6) is 0 Å². The molecule has 7 nitrogen and oxygen atoms in total. The molecule has 3 N–H and O–H groups in total. The first kappa shape index (κ1) is 16.9. The minimum absolute atomic E-state index is 0.0301. The van der Waals surface area contributed by atoms with Gasteiger partial charge in [0.15, 0.2) is 5.82 Å². The van der Waals surface area contributed by atoms with E-state index in [-0.39, 0.29) is 16.8 Å². The molecule has 0 atom stereocenters. The van der Waals surface area contributed by atoms with Crippen LogP contribution in [0.1, 0.15) is 33.6 Å². The zero-order valence-electron chi connectivity index (χ0n) is 12.3. The Balaban J connectivity index is 2.43. The fourth-order valence-electron chi connectivity index (χ4n) is 1.62. The molecule has 0 radical (unpaired) electrons. The van der Waals surface area contributed by atoms with Crippen molar-refractivity contribution in [1.29, 1.82) is 0 Å². The summed E-state index contributed by atoms with van der Waals surface area (Å²) in [4.78, 5) is 0.0396. The molecule has 0 aliphatic carbocycles. The second kappa shape index (κ2) is 7.61. The first-order chi connectivity index (χ1) is 9.36. The van der Waals surface area contributed by atoms with Crippen LogP contribution in [0, 0.1) is 0 Å². The molecule has 0 aliphatic heterocycles. The van der Waals surface area contributed by atoms with E-state index < -0.39 is 10.0 Å². The van der Waals surface area contributed by atoms with E-state index in [2.05, 4.69) is 9.82 Å². The quantitative estimate of drug-likeness (QED) is 0.662. The zero-order chi connectivity index (χ0) is 15.2. The number of hydrogen-bond acceptors (Lipinski definition) is 5. The highest BCUT2D eigenvalue weighted by molar-refractivity contribution is 7.89. The number of unbranched alkanes of at least 4 members (excludes halogenated alkanes) is 1. The van der Waals surface area contributed by atoms with E-state index in [1.165, 1.54) is 10.9 Å². The second-order valence-electron chi connectivity index (χ2n) is 4.76. The number of nitrogen functional groups attached to an aromatic ring is 1. The van der Waals surface area contributed by atoms with E-state index in [4.69, 9.17) is 10.5 Å². The predicted octanol–water partition coefficient (Wildman–Crippen LogP) is 0.969. The summed E-state index contributed by atoms with van der Waals surface area (Å²) in [7, 11) is -3.58. The Labute approximate surface area is 120 Å². The fourth-order valence-corrected chi connectivity index (χ4v) is 2.76. The lowest BCUT2D eigenvalue weighted by Gasteiger charge is -2.08. The molecule has 1 rings (SSSR count). The molecule has 1 aromatic rings. The van der Waals surface area contributed by atoms with Gasteiger partial charge in [0.05, 0.1) is 6.10 Å². The van der Waals surface area contributed by atoms with Gasteiger partial charge in [-0.25, -0.2) is 13.1 Å². The molecule has 8 heteroatoms. The van der Waals surface area contributed by atoms with Crippen LogP contribution in [-0.2, 0) is 21.3 Å². The molecule has 116 valence electrons. The van der Waals surface area contributed by atoms with Gasteiger partial charge in [-0.15, -0.1) is 0 Å². The maximum Gasteiger partial charge on any atom is 0.245 e. The van der Waals surface area contributed by atoms with E-state index in [9.17, 15) is 8.42 Å². The maximum absolute atomic E-state index is 12.0. The molecular formula is C12H24N4O3S. The molecule has 0 aliphatic rings. The summed E-state index contributed by atoms with van der Waals surface area (Å²) in [5.74, 6) is 0.0301. The number of nitrogens with zero attached hydrogens (tertiary/aromatic N) is 2. The van der Waals surface area contributed by atoms with Crippen LogP contribution in [0.4, 0.5) is 5.82 Å². The van der Waals surface area contributed by atoms with E-state index in [0.717, 1.165) is 6.42 Å². The molecule has 0 saturated heterocycles. The SMILES string of the molecule is CCn1cc(S(=O)(=O)NCCCCOC(C)C)c(N)n1. The number of sulfonamides is 1. The Morgan fingerprint density at radius 1 is 1.45 bits per heavy atom. The third-order valence-electron chi connectivity index (χ3n) is 2.68. The first-order valence-corrected chi connectivity index (χ1v) is 8.29. The predicted molar refractivity (Wildman–Crippen MR) is 77.8 cm³/mol. The van der Waals surface area contributed by atoms with Crippen molar-refractivity contribution >= 4 is 15.8 Å². The van der Waals surface area contributed by atoms with Crippen LogP contribution in [0.25, 0.3) is 0 Å². The van der Waals surface area contributed by atoms with Crippen molar-refractivity contribution in [3.05, 3.63) is 6.20 Å². The smallest absolute Gasteiger partial charge is 0.245 e. The Morgan fingerprint density at radius 3 is 2.70 bits per heavy atom. The normalized spacial score (nSPS) is 12.2. The number of aromatic nitrogens is 2. The molecule has 1 aromatic heterocycles. The lowest BCUT2D eigenvalue weighted by Crippen LogP contribution is -2.25. The lowest BCUT2D eigenvalue weighted by molar-refractivity contribution is 0.0762. The summed E-state index contributed by atoms with van der Waals surface area (Å²) < 4.78 is 33.5. The summed E-state index contributed by atoms with van der Waals surface area (Å²) in [5, 5.41) is 3.93.